The number of benzene rings is 2. The van der Waals surface area contributed by atoms with Crippen LogP contribution in [0.4, 0.5) is 0 Å². The monoisotopic (exact) mass is 420 g/mol. The number of imidazole rings is 1. The number of fused-ring (bicyclic) bond motifs is 2. The summed E-state index contributed by atoms with van der Waals surface area (Å²) in [7, 11) is 4.48. The third kappa shape index (κ3) is 3.07. The fraction of sp³-hybridized carbons (Fsp3) is 0.217. The van der Waals surface area contributed by atoms with Gasteiger partial charge in [-0.3, -0.25) is 23.5 Å². The van der Waals surface area contributed by atoms with E-state index < -0.39 is 23.5 Å². The van der Waals surface area contributed by atoms with E-state index >= 15 is 0 Å². The molecule has 0 saturated carbocycles. The standard InChI is InChI=1S/C23H20N2O6/c1-24-16-9-8-12(10-17(16)25(2)23(24)30)15(11-18(26)31-3)19-20(27)13-6-4-5-7-14(13)21(28)22(19)29/h4-10,15,27H,11H2,1-3H3/t15-/m1/s1. The number of carbonyl (C=O) groups excluding carboxylic acids is 3. The number of aliphatic hydroxyl groups excluding tert-OH is 1. The number of carbonyl (C=O) groups is 3. The summed E-state index contributed by atoms with van der Waals surface area (Å²) in [4.78, 5) is 50.2. The zero-order valence-electron chi connectivity index (χ0n) is 17.2. The van der Waals surface area contributed by atoms with E-state index in [1.807, 2.05) is 0 Å². The normalized spacial score (nSPS) is 14.7. The van der Waals surface area contributed by atoms with Gasteiger partial charge in [-0.1, -0.05) is 30.3 Å². The van der Waals surface area contributed by atoms with Crippen LogP contribution in [0.1, 0.15) is 33.8 Å². The Labute approximate surface area is 177 Å². The molecule has 8 nitrogen and oxygen atoms in total. The number of aliphatic hydroxyl groups is 1. The van der Waals surface area contributed by atoms with E-state index in [9.17, 15) is 24.3 Å². The quantitative estimate of drug-likeness (QED) is 0.512. The molecule has 1 aromatic heterocycles. The molecular weight excluding hydrogens is 400 g/mol. The molecule has 0 saturated heterocycles. The SMILES string of the molecule is COC(=O)C[C@@H](C1=C(O)c2ccccc2C(=O)C1=O)c1ccc2c(c1)n(C)c(=O)n2C. The second-order valence-electron chi connectivity index (χ2n) is 7.45. The third-order valence-corrected chi connectivity index (χ3v) is 5.78. The molecule has 4 rings (SSSR count). The number of ether oxygens (including phenoxy) is 1. The van der Waals surface area contributed by atoms with Gasteiger partial charge in [-0.05, 0) is 17.7 Å². The van der Waals surface area contributed by atoms with Gasteiger partial charge >= 0.3 is 11.7 Å². The number of hydrogen-bond donors (Lipinski definition) is 1. The first-order chi connectivity index (χ1) is 14.8. The lowest BCUT2D eigenvalue weighted by atomic mass is 9.78. The summed E-state index contributed by atoms with van der Waals surface area (Å²) in [5, 5.41) is 10.9. The molecule has 0 spiro atoms. The van der Waals surface area contributed by atoms with Gasteiger partial charge in [-0.25, -0.2) is 4.79 Å². The fourth-order valence-corrected chi connectivity index (χ4v) is 4.09. The summed E-state index contributed by atoms with van der Waals surface area (Å²) in [5.41, 5.74) is 1.74. The summed E-state index contributed by atoms with van der Waals surface area (Å²) in [6.07, 6.45) is -0.261. The number of ketones is 2. The molecule has 1 atom stereocenters. The first-order valence-corrected chi connectivity index (χ1v) is 9.60. The van der Waals surface area contributed by atoms with Crippen molar-refractivity contribution in [2.24, 2.45) is 14.1 Å². The summed E-state index contributed by atoms with van der Waals surface area (Å²) >= 11 is 0. The highest BCUT2D eigenvalue weighted by Gasteiger charge is 2.38. The van der Waals surface area contributed by atoms with Gasteiger partial charge in [0.1, 0.15) is 5.76 Å². The molecule has 31 heavy (non-hydrogen) atoms. The van der Waals surface area contributed by atoms with E-state index in [4.69, 9.17) is 4.74 Å². The van der Waals surface area contributed by atoms with Crippen LogP contribution in [0.3, 0.4) is 0 Å². The number of Topliss-reactive ketones (excluding diaryl/α,β-unsaturated/α-hetero) is 2. The summed E-state index contributed by atoms with van der Waals surface area (Å²) in [5.74, 6) is -3.49. The minimum atomic E-state index is -0.933. The number of aryl methyl sites for hydroxylation is 2. The molecule has 1 N–H and O–H groups in total. The zero-order chi connectivity index (χ0) is 22.4. The lowest BCUT2D eigenvalue weighted by Gasteiger charge is -2.24. The van der Waals surface area contributed by atoms with E-state index in [2.05, 4.69) is 0 Å². The summed E-state index contributed by atoms with van der Waals surface area (Å²) in [6, 6.07) is 11.3. The predicted octanol–water partition coefficient (Wildman–Crippen LogP) is 2.26. The largest absolute Gasteiger partial charge is 0.507 e. The topological polar surface area (TPSA) is 108 Å². The van der Waals surface area contributed by atoms with Crippen molar-refractivity contribution in [1.82, 2.24) is 9.13 Å². The van der Waals surface area contributed by atoms with Crippen molar-refractivity contribution in [3.05, 3.63) is 75.2 Å². The highest BCUT2D eigenvalue weighted by Crippen LogP contribution is 2.38. The van der Waals surface area contributed by atoms with Crippen molar-refractivity contribution >= 4 is 34.3 Å². The van der Waals surface area contributed by atoms with Crippen LogP contribution in [0.2, 0.25) is 0 Å². The van der Waals surface area contributed by atoms with E-state index in [0.29, 0.717) is 16.6 Å². The summed E-state index contributed by atoms with van der Waals surface area (Å²) in [6.45, 7) is 0. The maximum Gasteiger partial charge on any atom is 0.328 e. The Morgan fingerprint density at radius 3 is 2.29 bits per heavy atom. The number of nitrogens with zero attached hydrogens (tertiary/aromatic N) is 2. The van der Waals surface area contributed by atoms with Crippen molar-refractivity contribution in [2.45, 2.75) is 12.3 Å². The molecule has 0 aliphatic heterocycles. The smallest absolute Gasteiger partial charge is 0.328 e. The molecule has 0 fully saturated rings. The van der Waals surface area contributed by atoms with Gasteiger partial charge in [-0.15, -0.1) is 0 Å². The van der Waals surface area contributed by atoms with Crippen LogP contribution in [0.5, 0.6) is 0 Å². The Hall–Kier alpha value is -3.94. The van der Waals surface area contributed by atoms with Crippen LogP contribution >= 0.6 is 0 Å². The Morgan fingerprint density at radius 2 is 1.61 bits per heavy atom. The van der Waals surface area contributed by atoms with Gasteiger partial charge in [0, 0.05) is 31.1 Å². The van der Waals surface area contributed by atoms with E-state index in [1.54, 1.807) is 50.5 Å². The highest BCUT2D eigenvalue weighted by atomic mass is 16.5. The van der Waals surface area contributed by atoms with Gasteiger partial charge in [0.15, 0.2) is 0 Å². The first kappa shape index (κ1) is 20.3. The van der Waals surface area contributed by atoms with Crippen molar-refractivity contribution in [1.29, 1.82) is 0 Å². The molecule has 1 aliphatic carbocycles. The third-order valence-electron chi connectivity index (χ3n) is 5.78. The minimum Gasteiger partial charge on any atom is -0.507 e. The van der Waals surface area contributed by atoms with Crippen molar-refractivity contribution in [3.63, 3.8) is 0 Å². The molecule has 0 amide bonds. The van der Waals surface area contributed by atoms with Crippen molar-refractivity contribution < 1.29 is 24.2 Å². The van der Waals surface area contributed by atoms with Gasteiger partial charge in [0.05, 0.1) is 30.1 Å². The van der Waals surface area contributed by atoms with Crippen LogP contribution in [-0.4, -0.2) is 38.9 Å². The molecule has 8 heteroatoms. The Balaban J connectivity index is 1.96. The second kappa shape index (κ2) is 7.39. The predicted molar refractivity (Wildman–Crippen MR) is 113 cm³/mol. The molecule has 0 radical (unpaired) electrons. The van der Waals surface area contributed by atoms with Gasteiger partial charge < -0.3 is 9.84 Å². The van der Waals surface area contributed by atoms with Crippen LogP contribution < -0.4 is 5.69 Å². The van der Waals surface area contributed by atoms with Crippen molar-refractivity contribution in [3.8, 4) is 0 Å². The number of esters is 1. The summed E-state index contributed by atoms with van der Waals surface area (Å²) < 4.78 is 7.73. The first-order valence-electron chi connectivity index (χ1n) is 9.60. The number of methoxy groups -OCH3 is 1. The van der Waals surface area contributed by atoms with E-state index in [1.165, 1.54) is 22.3 Å². The molecule has 1 aliphatic rings. The average molecular weight is 420 g/mol. The highest BCUT2D eigenvalue weighted by molar-refractivity contribution is 6.52. The second-order valence-corrected chi connectivity index (χ2v) is 7.45. The molecule has 3 aromatic rings. The number of allylic oxidation sites excluding steroid dienone is 1. The Kier molecular flexibility index (Phi) is 4.85. The van der Waals surface area contributed by atoms with Crippen LogP contribution in [0, 0.1) is 0 Å². The zero-order valence-corrected chi connectivity index (χ0v) is 17.2. The molecule has 0 unspecified atom stereocenters. The van der Waals surface area contributed by atoms with Gasteiger partial charge in [-0.2, -0.15) is 0 Å². The minimum absolute atomic E-state index is 0.117. The van der Waals surface area contributed by atoms with Gasteiger partial charge in [0.25, 0.3) is 0 Å². The van der Waals surface area contributed by atoms with E-state index in [-0.39, 0.29) is 34.6 Å². The van der Waals surface area contributed by atoms with E-state index in [0.717, 1.165) is 0 Å². The number of aromatic nitrogens is 2. The van der Waals surface area contributed by atoms with Crippen molar-refractivity contribution in [2.75, 3.05) is 7.11 Å². The lowest BCUT2D eigenvalue weighted by molar-refractivity contribution is -0.140. The number of rotatable bonds is 4. The Morgan fingerprint density at radius 1 is 0.968 bits per heavy atom. The molecule has 2 aromatic carbocycles. The molecule has 0 bridgehead atoms. The fourth-order valence-electron chi connectivity index (χ4n) is 4.09. The number of hydrogen-bond acceptors (Lipinski definition) is 6. The maximum absolute atomic E-state index is 13.0. The maximum atomic E-state index is 13.0. The van der Waals surface area contributed by atoms with Crippen LogP contribution in [0.25, 0.3) is 16.8 Å². The molecule has 158 valence electrons. The molecule has 1 heterocycles. The van der Waals surface area contributed by atoms with Crippen LogP contribution in [0.15, 0.2) is 52.8 Å². The Bertz CT molecular complexity index is 1360. The van der Waals surface area contributed by atoms with Gasteiger partial charge in [0.2, 0.25) is 11.6 Å². The lowest BCUT2D eigenvalue weighted by Crippen LogP contribution is -2.28. The molecular formula is C23H20N2O6. The van der Waals surface area contributed by atoms with Crippen LogP contribution in [-0.2, 0) is 28.4 Å². The average Bonchev–Trinajstić information content (AvgIpc) is 3.00.